The third kappa shape index (κ3) is 1.44. The highest BCUT2D eigenvalue weighted by molar-refractivity contribution is 7.09. The van der Waals surface area contributed by atoms with E-state index in [9.17, 15) is 0 Å². The van der Waals surface area contributed by atoms with E-state index in [1.165, 1.54) is 23.5 Å². The van der Waals surface area contributed by atoms with Crippen molar-refractivity contribution in [1.29, 1.82) is 0 Å². The molecule has 15 heavy (non-hydrogen) atoms. The molecule has 0 aromatic carbocycles. The molecule has 2 aliphatic rings. The van der Waals surface area contributed by atoms with E-state index in [1.807, 2.05) is 11.3 Å². The molecule has 2 atom stereocenters. The molecule has 1 heterocycles. The second-order valence-corrected chi connectivity index (χ2v) is 6.42. The van der Waals surface area contributed by atoms with Gasteiger partial charge in [-0.25, -0.2) is 4.98 Å². The molecule has 0 bridgehead atoms. The molecule has 0 unspecified atom stereocenters. The summed E-state index contributed by atoms with van der Waals surface area (Å²) in [6.07, 6.45) is 2.70. The number of aromatic nitrogens is 1. The predicted molar refractivity (Wildman–Crippen MR) is 63.2 cm³/mol. The lowest BCUT2D eigenvalue weighted by atomic mass is 10.1. The minimum Gasteiger partial charge on any atom is -0.330 e. The van der Waals surface area contributed by atoms with Crippen LogP contribution in [0.3, 0.4) is 0 Å². The van der Waals surface area contributed by atoms with Gasteiger partial charge in [0.1, 0.15) is 0 Å². The number of thiazole rings is 1. The highest BCUT2D eigenvalue weighted by Crippen LogP contribution is 2.64. The molecule has 2 N–H and O–H groups in total. The Morgan fingerprint density at radius 3 is 2.80 bits per heavy atom. The van der Waals surface area contributed by atoms with Crippen molar-refractivity contribution in [2.45, 2.75) is 38.5 Å². The van der Waals surface area contributed by atoms with Gasteiger partial charge < -0.3 is 5.73 Å². The highest BCUT2D eigenvalue weighted by atomic mass is 32.1. The molecular weight excluding hydrogens is 204 g/mol. The molecule has 3 rings (SSSR count). The Bertz CT molecular complexity index is 379. The smallest absolute Gasteiger partial charge is 0.0959 e. The van der Waals surface area contributed by atoms with Crippen molar-refractivity contribution in [3.63, 3.8) is 0 Å². The van der Waals surface area contributed by atoms with Crippen LogP contribution in [-0.2, 0) is 0 Å². The van der Waals surface area contributed by atoms with Crippen LogP contribution in [0, 0.1) is 11.3 Å². The monoisotopic (exact) mass is 222 g/mol. The van der Waals surface area contributed by atoms with E-state index in [-0.39, 0.29) is 0 Å². The van der Waals surface area contributed by atoms with E-state index in [2.05, 4.69) is 19.2 Å². The van der Waals surface area contributed by atoms with Gasteiger partial charge in [-0.2, -0.15) is 0 Å². The van der Waals surface area contributed by atoms with E-state index in [1.54, 1.807) is 0 Å². The van der Waals surface area contributed by atoms with E-state index in [0.717, 1.165) is 12.5 Å². The molecule has 2 nitrogen and oxygen atoms in total. The zero-order valence-corrected chi connectivity index (χ0v) is 10.2. The van der Waals surface area contributed by atoms with Gasteiger partial charge in [0.05, 0.1) is 10.7 Å². The Labute approximate surface area is 94.9 Å². The van der Waals surface area contributed by atoms with Gasteiger partial charge in [-0.1, -0.05) is 13.8 Å². The van der Waals surface area contributed by atoms with Crippen LogP contribution in [0.25, 0.3) is 0 Å². The Hall–Kier alpha value is -0.410. The summed E-state index contributed by atoms with van der Waals surface area (Å²) < 4.78 is 0. The van der Waals surface area contributed by atoms with Gasteiger partial charge in [-0.15, -0.1) is 11.3 Å². The topological polar surface area (TPSA) is 38.9 Å². The van der Waals surface area contributed by atoms with Gasteiger partial charge in [0, 0.05) is 17.2 Å². The average Bonchev–Trinajstić information content (AvgIpc) is 3.06. The number of rotatable bonds is 3. The fraction of sp³-hybridized carbons (Fsp3) is 0.750. The van der Waals surface area contributed by atoms with Crippen molar-refractivity contribution in [3.8, 4) is 0 Å². The molecular formula is C12H18N2S. The van der Waals surface area contributed by atoms with Crippen LogP contribution >= 0.6 is 11.3 Å². The van der Waals surface area contributed by atoms with Crippen molar-refractivity contribution in [2.24, 2.45) is 17.1 Å². The molecule has 1 aromatic rings. The summed E-state index contributed by atoms with van der Waals surface area (Å²) in [5.41, 5.74) is 7.48. The van der Waals surface area contributed by atoms with Gasteiger partial charge in [0.15, 0.2) is 0 Å². The highest BCUT2D eigenvalue weighted by Gasteiger charge is 2.58. The van der Waals surface area contributed by atoms with Crippen LogP contribution in [0.15, 0.2) is 5.38 Å². The zero-order chi connectivity index (χ0) is 10.6. The average molecular weight is 222 g/mol. The second kappa shape index (κ2) is 3.05. The Morgan fingerprint density at radius 2 is 2.27 bits per heavy atom. The summed E-state index contributed by atoms with van der Waals surface area (Å²) in [6.45, 7) is 5.42. The lowest BCUT2D eigenvalue weighted by molar-refractivity contribution is 0.557. The first-order valence-electron chi connectivity index (χ1n) is 5.80. The molecule has 2 fully saturated rings. The minimum absolute atomic E-state index is 0.379. The van der Waals surface area contributed by atoms with Crippen LogP contribution in [0.2, 0.25) is 0 Å². The van der Waals surface area contributed by atoms with Crippen molar-refractivity contribution >= 4 is 11.3 Å². The van der Waals surface area contributed by atoms with Crippen molar-refractivity contribution < 1.29 is 0 Å². The van der Waals surface area contributed by atoms with Crippen LogP contribution in [0.5, 0.6) is 0 Å². The minimum atomic E-state index is 0.379. The van der Waals surface area contributed by atoms with Crippen molar-refractivity contribution in [3.05, 3.63) is 16.1 Å². The molecule has 0 spiro atoms. The Balaban J connectivity index is 1.81. The largest absolute Gasteiger partial charge is 0.330 e. The summed E-state index contributed by atoms with van der Waals surface area (Å²) in [5.74, 6) is 2.06. The first kappa shape index (κ1) is 9.79. The van der Waals surface area contributed by atoms with Gasteiger partial charge in [0.2, 0.25) is 0 Å². The molecule has 0 saturated heterocycles. The fourth-order valence-electron chi connectivity index (χ4n) is 2.73. The maximum Gasteiger partial charge on any atom is 0.0959 e. The van der Waals surface area contributed by atoms with E-state index in [4.69, 9.17) is 10.7 Å². The standard InChI is InChI=1S/C12H18N2S/c1-12(2)8(5-13)10(12)9-6-15-11(14-9)7-3-4-7/h6-8,10H,3-5,13H2,1-2H3/t8-,10+/m0/s1. The first-order chi connectivity index (χ1) is 7.14. The normalized spacial score (nSPS) is 33.0. The zero-order valence-electron chi connectivity index (χ0n) is 9.36. The van der Waals surface area contributed by atoms with Crippen LogP contribution < -0.4 is 5.73 Å². The lowest BCUT2D eigenvalue weighted by Gasteiger charge is -1.98. The molecule has 0 aliphatic heterocycles. The Kier molecular flexibility index (Phi) is 1.99. The number of hydrogen-bond acceptors (Lipinski definition) is 3. The summed E-state index contributed by atoms with van der Waals surface area (Å²) in [4.78, 5) is 4.79. The SMILES string of the molecule is CC1(C)[C@@H](CN)[C@@H]1c1csc(C2CC2)n1. The maximum atomic E-state index is 5.79. The molecule has 0 amide bonds. The summed E-state index contributed by atoms with van der Waals surface area (Å²) in [5, 5.41) is 3.62. The second-order valence-electron chi connectivity index (χ2n) is 5.53. The summed E-state index contributed by atoms with van der Waals surface area (Å²) in [7, 11) is 0. The first-order valence-corrected chi connectivity index (χ1v) is 6.68. The van der Waals surface area contributed by atoms with Crippen LogP contribution in [0.1, 0.15) is 49.2 Å². The molecule has 2 aliphatic carbocycles. The maximum absolute atomic E-state index is 5.79. The molecule has 82 valence electrons. The number of nitrogens with zero attached hydrogens (tertiary/aromatic N) is 1. The van der Waals surface area contributed by atoms with Crippen LogP contribution in [0.4, 0.5) is 0 Å². The summed E-state index contributed by atoms with van der Waals surface area (Å²) in [6, 6.07) is 0. The van der Waals surface area contributed by atoms with Crippen LogP contribution in [-0.4, -0.2) is 11.5 Å². The quantitative estimate of drug-likeness (QED) is 0.854. The fourth-order valence-corrected chi connectivity index (χ4v) is 3.76. The van der Waals surface area contributed by atoms with Gasteiger partial charge in [-0.05, 0) is 30.7 Å². The molecule has 1 aromatic heterocycles. The van der Waals surface area contributed by atoms with E-state index in [0.29, 0.717) is 17.3 Å². The van der Waals surface area contributed by atoms with E-state index >= 15 is 0 Å². The lowest BCUT2D eigenvalue weighted by Crippen LogP contribution is -2.05. The molecule has 0 radical (unpaired) electrons. The Morgan fingerprint density at radius 1 is 1.53 bits per heavy atom. The van der Waals surface area contributed by atoms with Gasteiger partial charge in [0.25, 0.3) is 0 Å². The van der Waals surface area contributed by atoms with E-state index < -0.39 is 0 Å². The van der Waals surface area contributed by atoms with Gasteiger partial charge in [-0.3, -0.25) is 0 Å². The number of hydrogen-bond donors (Lipinski definition) is 1. The number of nitrogens with two attached hydrogens (primary N) is 1. The summed E-state index contributed by atoms with van der Waals surface area (Å²) >= 11 is 1.85. The predicted octanol–water partition coefficient (Wildman–Crippen LogP) is 2.72. The van der Waals surface area contributed by atoms with Gasteiger partial charge >= 0.3 is 0 Å². The van der Waals surface area contributed by atoms with Crippen molar-refractivity contribution in [2.75, 3.05) is 6.54 Å². The molecule has 2 saturated carbocycles. The molecule has 3 heteroatoms. The third-order valence-corrected chi connectivity index (χ3v) is 5.11. The third-order valence-electron chi connectivity index (χ3n) is 4.09. The van der Waals surface area contributed by atoms with Crippen molar-refractivity contribution in [1.82, 2.24) is 4.98 Å².